The number of hydrogen-bond acceptors (Lipinski definition) is 3. The molecule has 1 saturated carbocycles. The van der Waals surface area contributed by atoms with Gasteiger partial charge in [0.2, 0.25) is 0 Å². The first-order valence-corrected chi connectivity index (χ1v) is 7.77. The molecule has 2 rings (SSSR count). The molecule has 4 heteroatoms. The molecule has 1 aromatic carbocycles. The van der Waals surface area contributed by atoms with Crippen LogP contribution in [0.15, 0.2) is 24.3 Å². The molecule has 1 fully saturated rings. The highest BCUT2D eigenvalue weighted by Gasteiger charge is 2.27. The molecule has 1 amide bonds. The fraction of sp³-hybridized carbons (Fsp3) is 0.588. The molecule has 0 aromatic heterocycles. The van der Waals surface area contributed by atoms with Crippen LogP contribution in [0.4, 0.5) is 11.4 Å². The summed E-state index contributed by atoms with van der Waals surface area (Å²) in [6.07, 6.45) is 3.03. The lowest BCUT2D eigenvalue weighted by atomic mass is 9.80. The van der Waals surface area contributed by atoms with Crippen molar-refractivity contribution in [3.8, 4) is 0 Å². The van der Waals surface area contributed by atoms with E-state index >= 15 is 0 Å². The van der Waals surface area contributed by atoms with Crippen molar-refractivity contribution < 1.29 is 9.53 Å². The number of nitrogens with two attached hydrogens (primary N) is 1. The number of anilines is 2. The number of benzene rings is 1. The second kappa shape index (κ2) is 6.94. The third kappa shape index (κ3) is 4.46. The molecule has 4 unspecified atom stereocenters. The van der Waals surface area contributed by atoms with E-state index in [-0.39, 0.29) is 12.0 Å². The van der Waals surface area contributed by atoms with Crippen LogP contribution >= 0.6 is 0 Å². The van der Waals surface area contributed by atoms with Crippen LogP contribution in [0.3, 0.4) is 0 Å². The Morgan fingerprint density at radius 1 is 1.24 bits per heavy atom. The lowest BCUT2D eigenvalue weighted by Gasteiger charge is -2.33. The summed E-state index contributed by atoms with van der Waals surface area (Å²) in [5.74, 6) is 1.31. The summed E-state index contributed by atoms with van der Waals surface area (Å²) in [5, 5.41) is 2.86. The SMILES string of the molecule is CC(OC1CCC(C)C(C)C1)C(=O)Nc1ccc(N)cc1. The molecule has 3 N–H and O–H groups in total. The van der Waals surface area contributed by atoms with Gasteiger partial charge in [0.1, 0.15) is 6.10 Å². The van der Waals surface area contributed by atoms with Gasteiger partial charge < -0.3 is 15.8 Å². The zero-order valence-corrected chi connectivity index (χ0v) is 13.1. The van der Waals surface area contributed by atoms with Crippen molar-refractivity contribution >= 4 is 17.3 Å². The van der Waals surface area contributed by atoms with E-state index in [0.717, 1.165) is 24.4 Å². The third-order valence-electron chi connectivity index (χ3n) is 4.49. The van der Waals surface area contributed by atoms with E-state index in [1.165, 1.54) is 6.42 Å². The third-order valence-corrected chi connectivity index (χ3v) is 4.49. The molecule has 0 spiro atoms. The molecule has 0 saturated heterocycles. The Bertz CT molecular complexity index is 472. The summed E-state index contributed by atoms with van der Waals surface area (Å²) in [5.41, 5.74) is 7.06. The van der Waals surface area contributed by atoms with Gasteiger partial charge in [-0.15, -0.1) is 0 Å². The highest BCUT2D eigenvalue weighted by atomic mass is 16.5. The number of carbonyl (C=O) groups excluding carboxylic acids is 1. The first kappa shape index (κ1) is 15.8. The second-order valence-electron chi connectivity index (χ2n) is 6.28. The molecule has 0 bridgehead atoms. The Balaban J connectivity index is 1.83. The van der Waals surface area contributed by atoms with Gasteiger partial charge >= 0.3 is 0 Å². The van der Waals surface area contributed by atoms with Crippen molar-refractivity contribution in [1.29, 1.82) is 0 Å². The summed E-state index contributed by atoms with van der Waals surface area (Å²) in [6, 6.07) is 7.13. The standard InChI is InChI=1S/C17H26N2O2/c1-11-4-9-16(10-12(11)2)21-13(3)17(20)19-15-7-5-14(18)6-8-15/h5-8,11-13,16H,4,9-10,18H2,1-3H3,(H,19,20). The average Bonchev–Trinajstić information content (AvgIpc) is 2.45. The minimum Gasteiger partial charge on any atom is -0.399 e. The van der Waals surface area contributed by atoms with Crippen molar-refractivity contribution in [3.63, 3.8) is 0 Å². The number of ether oxygens (including phenoxy) is 1. The van der Waals surface area contributed by atoms with Crippen molar-refractivity contribution in [2.45, 2.75) is 52.2 Å². The monoisotopic (exact) mass is 290 g/mol. The summed E-state index contributed by atoms with van der Waals surface area (Å²) in [6.45, 7) is 6.37. The van der Waals surface area contributed by atoms with Crippen molar-refractivity contribution in [1.82, 2.24) is 0 Å². The molecule has 21 heavy (non-hydrogen) atoms. The maximum Gasteiger partial charge on any atom is 0.253 e. The smallest absolute Gasteiger partial charge is 0.253 e. The van der Waals surface area contributed by atoms with Gasteiger partial charge in [0.25, 0.3) is 5.91 Å². The molecular weight excluding hydrogens is 264 g/mol. The molecule has 0 radical (unpaired) electrons. The Labute approximate surface area is 127 Å². The second-order valence-corrected chi connectivity index (χ2v) is 6.28. The highest BCUT2D eigenvalue weighted by molar-refractivity contribution is 5.94. The van der Waals surface area contributed by atoms with Crippen molar-refractivity contribution in [3.05, 3.63) is 24.3 Å². The van der Waals surface area contributed by atoms with Gasteiger partial charge in [0.15, 0.2) is 0 Å². The van der Waals surface area contributed by atoms with E-state index in [1.807, 2.05) is 6.92 Å². The van der Waals surface area contributed by atoms with E-state index < -0.39 is 6.10 Å². The quantitative estimate of drug-likeness (QED) is 0.835. The number of rotatable bonds is 4. The molecular formula is C17H26N2O2. The average molecular weight is 290 g/mol. The molecule has 1 aromatic rings. The van der Waals surface area contributed by atoms with Crippen LogP contribution in [-0.4, -0.2) is 18.1 Å². The van der Waals surface area contributed by atoms with Gasteiger partial charge in [0.05, 0.1) is 6.10 Å². The van der Waals surface area contributed by atoms with Gasteiger partial charge in [-0.3, -0.25) is 4.79 Å². The Hall–Kier alpha value is -1.55. The van der Waals surface area contributed by atoms with E-state index in [2.05, 4.69) is 19.2 Å². The number of amides is 1. The number of nitrogen functional groups attached to an aromatic ring is 1. The Morgan fingerprint density at radius 3 is 2.52 bits per heavy atom. The van der Waals surface area contributed by atoms with Crippen LogP contribution in [0.2, 0.25) is 0 Å². The summed E-state index contributed by atoms with van der Waals surface area (Å²) >= 11 is 0. The van der Waals surface area contributed by atoms with Gasteiger partial charge in [-0.1, -0.05) is 13.8 Å². The first-order valence-electron chi connectivity index (χ1n) is 7.77. The van der Waals surface area contributed by atoms with Crippen molar-refractivity contribution in [2.75, 3.05) is 11.1 Å². The minimum absolute atomic E-state index is 0.106. The largest absolute Gasteiger partial charge is 0.399 e. The number of hydrogen-bond donors (Lipinski definition) is 2. The fourth-order valence-corrected chi connectivity index (χ4v) is 2.78. The topological polar surface area (TPSA) is 64.3 Å². The Kier molecular flexibility index (Phi) is 5.23. The minimum atomic E-state index is -0.437. The van der Waals surface area contributed by atoms with Gasteiger partial charge in [0, 0.05) is 11.4 Å². The maximum absolute atomic E-state index is 12.1. The fourth-order valence-electron chi connectivity index (χ4n) is 2.78. The highest BCUT2D eigenvalue weighted by Crippen LogP contribution is 2.31. The van der Waals surface area contributed by atoms with Crippen LogP contribution in [0.5, 0.6) is 0 Å². The molecule has 0 aliphatic heterocycles. The van der Waals surface area contributed by atoms with Gasteiger partial charge in [-0.2, -0.15) is 0 Å². The van der Waals surface area contributed by atoms with Crippen LogP contribution < -0.4 is 11.1 Å². The van der Waals surface area contributed by atoms with Crippen LogP contribution in [0.1, 0.15) is 40.0 Å². The summed E-state index contributed by atoms with van der Waals surface area (Å²) < 4.78 is 5.93. The molecule has 4 nitrogen and oxygen atoms in total. The lowest BCUT2D eigenvalue weighted by Crippen LogP contribution is -2.35. The first-order chi connectivity index (χ1) is 9.95. The van der Waals surface area contributed by atoms with Crippen molar-refractivity contribution in [2.24, 2.45) is 11.8 Å². The number of carbonyl (C=O) groups is 1. The summed E-state index contributed by atoms with van der Waals surface area (Å²) in [7, 11) is 0. The normalized spacial score (nSPS) is 27.1. The van der Waals surface area contributed by atoms with Crippen LogP contribution in [0.25, 0.3) is 0 Å². The molecule has 116 valence electrons. The molecule has 1 aliphatic rings. The van der Waals surface area contributed by atoms with E-state index in [1.54, 1.807) is 24.3 Å². The summed E-state index contributed by atoms with van der Waals surface area (Å²) in [4.78, 5) is 12.1. The Morgan fingerprint density at radius 2 is 1.90 bits per heavy atom. The van der Waals surface area contributed by atoms with Gasteiger partial charge in [-0.05, 0) is 62.3 Å². The maximum atomic E-state index is 12.1. The zero-order chi connectivity index (χ0) is 15.4. The molecule has 0 heterocycles. The van der Waals surface area contributed by atoms with E-state index in [4.69, 9.17) is 10.5 Å². The van der Waals surface area contributed by atoms with Crippen LogP contribution in [-0.2, 0) is 9.53 Å². The van der Waals surface area contributed by atoms with E-state index in [9.17, 15) is 4.79 Å². The lowest BCUT2D eigenvalue weighted by molar-refractivity contribution is -0.132. The van der Waals surface area contributed by atoms with Gasteiger partial charge in [-0.25, -0.2) is 0 Å². The van der Waals surface area contributed by atoms with E-state index in [0.29, 0.717) is 11.6 Å². The predicted molar refractivity (Wildman–Crippen MR) is 86.0 cm³/mol. The van der Waals surface area contributed by atoms with Crippen LogP contribution in [0, 0.1) is 11.8 Å². The molecule has 1 aliphatic carbocycles. The number of nitrogens with one attached hydrogen (secondary N) is 1. The molecule has 4 atom stereocenters. The zero-order valence-electron chi connectivity index (χ0n) is 13.1. The predicted octanol–water partition coefficient (Wildman–Crippen LogP) is 3.44.